The average molecular weight is 463 g/mol. The summed E-state index contributed by atoms with van der Waals surface area (Å²) in [4.78, 5) is 33.2. The van der Waals surface area contributed by atoms with Crippen molar-refractivity contribution in [2.45, 2.75) is 38.3 Å². The second-order valence-corrected chi connectivity index (χ2v) is 8.48. The van der Waals surface area contributed by atoms with Crippen molar-refractivity contribution in [1.82, 2.24) is 10.3 Å². The minimum Gasteiger partial charge on any atom is -0.494 e. The predicted molar refractivity (Wildman–Crippen MR) is 121 cm³/mol. The number of pyridine rings is 1. The lowest BCUT2D eigenvalue weighted by atomic mass is 10.0. The van der Waals surface area contributed by atoms with Crippen molar-refractivity contribution in [2.75, 3.05) is 29.5 Å². The molecule has 4 rings (SSSR count). The summed E-state index contributed by atoms with van der Waals surface area (Å²) in [7, 11) is 0. The first-order valence-electron chi connectivity index (χ1n) is 10.4. The van der Waals surface area contributed by atoms with Crippen molar-refractivity contribution in [3.05, 3.63) is 46.6 Å². The molecule has 2 aromatic rings. The summed E-state index contributed by atoms with van der Waals surface area (Å²) in [6.07, 6.45) is 3.39. The Morgan fingerprint density at radius 2 is 1.87 bits per heavy atom. The smallest absolute Gasteiger partial charge is 0.251 e. The fourth-order valence-corrected chi connectivity index (χ4v) is 4.57. The number of amides is 2. The molecule has 0 aliphatic carbocycles. The quantitative estimate of drug-likeness (QED) is 0.659. The van der Waals surface area contributed by atoms with E-state index in [-0.39, 0.29) is 24.3 Å². The molecule has 0 spiro atoms. The number of hydrogen-bond donors (Lipinski definition) is 1. The van der Waals surface area contributed by atoms with Crippen LogP contribution in [-0.2, 0) is 9.59 Å². The van der Waals surface area contributed by atoms with Crippen LogP contribution < -0.4 is 19.9 Å². The number of rotatable bonds is 6. The molecule has 2 aliphatic rings. The van der Waals surface area contributed by atoms with Crippen LogP contribution in [0, 0.1) is 0 Å². The lowest BCUT2D eigenvalue weighted by molar-refractivity contribution is -0.121. The minimum absolute atomic E-state index is 0.143. The molecule has 0 bridgehead atoms. The zero-order valence-electron chi connectivity index (χ0n) is 17.2. The number of imide groups is 1. The van der Waals surface area contributed by atoms with Gasteiger partial charge in [0.05, 0.1) is 34.8 Å². The van der Waals surface area contributed by atoms with Crippen molar-refractivity contribution in [3.8, 4) is 5.75 Å². The van der Waals surface area contributed by atoms with E-state index < -0.39 is 6.04 Å². The Bertz CT molecular complexity index is 962. The van der Waals surface area contributed by atoms with E-state index in [1.165, 1.54) is 4.90 Å². The fraction of sp³-hybridized carbons (Fsp3) is 0.409. The fourth-order valence-electron chi connectivity index (χ4n) is 4.07. The van der Waals surface area contributed by atoms with Crippen molar-refractivity contribution in [3.63, 3.8) is 0 Å². The number of anilines is 2. The first-order valence-corrected chi connectivity index (χ1v) is 11.1. The summed E-state index contributed by atoms with van der Waals surface area (Å²) in [6, 6.07) is 8.35. The molecule has 1 aromatic heterocycles. The molecule has 1 atom stereocenters. The zero-order valence-corrected chi connectivity index (χ0v) is 18.7. The van der Waals surface area contributed by atoms with Gasteiger partial charge in [0.2, 0.25) is 5.91 Å². The Morgan fingerprint density at radius 3 is 2.52 bits per heavy atom. The van der Waals surface area contributed by atoms with Gasteiger partial charge in [-0.05, 0) is 50.1 Å². The third-order valence-corrected chi connectivity index (χ3v) is 6.06. The van der Waals surface area contributed by atoms with Gasteiger partial charge in [0.1, 0.15) is 11.6 Å². The van der Waals surface area contributed by atoms with Gasteiger partial charge in [-0.25, -0.2) is 9.88 Å². The predicted octanol–water partition coefficient (Wildman–Crippen LogP) is 3.68. The lowest BCUT2D eigenvalue weighted by Gasteiger charge is -2.34. The molecule has 9 heteroatoms. The molecule has 1 aromatic carbocycles. The number of halogens is 2. The van der Waals surface area contributed by atoms with E-state index in [4.69, 9.17) is 27.9 Å². The SMILES string of the molecule is CCOc1ccc(N2C(=O)C[C@H](NC3CCN(c4ncc(Cl)cc4Cl)CC3)C2=O)cc1. The maximum Gasteiger partial charge on any atom is 0.251 e. The first kappa shape index (κ1) is 21.9. The molecule has 0 radical (unpaired) electrons. The van der Waals surface area contributed by atoms with Crippen LogP contribution in [0.3, 0.4) is 0 Å². The number of carbonyl (C=O) groups excluding carboxylic acids is 2. The molecule has 7 nitrogen and oxygen atoms in total. The summed E-state index contributed by atoms with van der Waals surface area (Å²) < 4.78 is 5.43. The van der Waals surface area contributed by atoms with E-state index in [1.807, 2.05) is 6.92 Å². The number of benzene rings is 1. The van der Waals surface area contributed by atoms with Crippen LogP contribution in [0.1, 0.15) is 26.2 Å². The zero-order chi connectivity index (χ0) is 22.0. The van der Waals surface area contributed by atoms with Gasteiger partial charge in [-0.15, -0.1) is 0 Å². The Kier molecular flexibility index (Phi) is 6.65. The second kappa shape index (κ2) is 9.42. The number of nitrogens with one attached hydrogen (secondary N) is 1. The van der Waals surface area contributed by atoms with Crippen molar-refractivity contribution < 1.29 is 14.3 Å². The van der Waals surface area contributed by atoms with Crippen molar-refractivity contribution >= 4 is 46.5 Å². The van der Waals surface area contributed by atoms with Gasteiger partial charge in [0.15, 0.2) is 0 Å². The van der Waals surface area contributed by atoms with Crippen LogP contribution in [-0.4, -0.2) is 48.6 Å². The molecular formula is C22H24Cl2N4O3. The number of nitrogens with zero attached hydrogens (tertiary/aromatic N) is 3. The van der Waals surface area contributed by atoms with Gasteiger partial charge < -0.3 is 15.0 Å². The van der Waals surface area contributed by atoms with Gasteiger partial charge in [0, 0.05) is 25.3 Å². The van der Waals surface area contributed by atoms with Gasteiger partial charge in [-0.2, -0.15) is 0 Å². The highest BCUT2D eigenvalue weighted by Gasteiger charge is 2.40. The molecule has 3 heterocycles. The standard InChI is InChI=1S/C22H24Cl2N4O3/c1-2-31-17-5-3-16(4-6-17)28-20(29)12-19(22(28)30)26-15-7-9-27(10-8-15)21-18(24)11-14(23)13-25-21/h3-6,11,13,15,19,26H,2,7-10,12H2,1H3/t19-/m0/s1. The van der Waals surface area contributed by atoms with Crippen LogP contribution >= 0.6 is 23.2 Å². The summed E-state index contributed by atoms with van der Waals surface area (Å²) in [5.41, 5.74) is 0.570. The number of hydrogen-bond acceptors (Lipinski definition) is 6. The van der Waals surface area contributed by atoms with Gasteiger partial charge in [-0.1, -0.05) is 23.2 Å². The second-order valence-electron chi connectivity index (χ2n) is 7.64. The van der Waals surface area contributed by atoms with E-state index in [0.717, 1.165) is 31.7 Å². The van der Waals surface area contributed by atoms with Crippen molar-refractivity contribution in [2.24, 2.45) is 0 Å². The van der Waals surface area contributed by atoms with Crippen LogP contribution in [0.15, 0.2) is 36.5 Å². The van der Waals surface area contributed by atoms with E-state index in [0.29, 0.717) is 28.1 Å². The lowest BCUT2D eigenvalue weighted by Crippen LogP contribution is -2.49. The summed E-state index contributed by atoms with van der Waals surface area (Å²) in [6.45, 7) is 3.97. The number of carbonyl (C=O) groups is 2. The third-order valence-electron chi connectivity index (χ3n) is 5.57. The van der Waals surface area contributed by atoms with Crippen molar-refractivity contribution in [1.29, 1.82) is 0 Å². The highest BCUT2D eigenvalue weighted by molar-refractivity contribution is 6.36. The highest BCUT2D eigenvalue weighted by atomic mass is 35.5. The summed E-state index contributed by atoms with van der Waals surface area (Å²) in [5.74, 6) is 1.03. The largest absolute Gasteiger partial charge is 0.494 e. The van der Waals surface area contributed by atoms with Crippen LogP contribution in [0.25, 0.3) is 0 Å². The summed E-state index contributed by atoms with van der Waals surface area (Å²) >= 11 is 12.2. The Hall–Kier alpha value is -2.35. The highest BCUT2D eigenvalue weighted by Crippen LogP contribution is 2.29. The molecule has 2 amide bonds. The third kappa shape index (κ3) is 4.79. The van der Waals surface area contributed by atoms with E-state index >= 15 is 0 Å². The molecule has 164 valence electrons. The number of piperidine rings is 1. The Morgan fingerprint density at radius 1 is 1.16 bits per heavy atom. The van der Waals surface area contributed by atoms with Gasteiger partial charge in [0.25, 0.3) is 5.91 Å². The van der Waals surface area contributed by atoms with E-state index in [1.54, 1.807) is 36.5 Å². The molecule has 2 saturated heterocycles. The molecule has 0 saturated carbocycles. The van der Waals surface area contributed by atoms with E-state index in [2.05, 4.69) is 15.2 Å². The number of aromatic nitrogens is 1. The Balaban J connectivity index is 1.35. The Labute approximate surface area is 191 Å². The van der Waals surface area contributed by atoms with Crippen LogP contribution in [0.2, 0.25) is 10.0 Å². The molecular weight excluding hydrogens is 439 g/mol. The van der Waals surface area contributed by atoms with Gasteiger partial charge >= 0.3 is 0 Å². The normalized spacial score (nSPS) is 19.9. The first-order chi connectivity index (χ1) is 15.0. The average Bonchev–Trinajstić information content (AvgIpc) is 3.03. The molecule has 31 heavy (non-hydrogen) atoms. The molecule has 0 unspecified atom stereocenters. The maximum absolute atomic E-state index is 12.9. The topological polar surface area (TPSA) is 74.8 Å². The maximum atomic E-state index is 12.9. The monoisotopic (exact) mass is 462 g/mol. The van der Waals surface area contributed by atoms with Crippen LogP contribution in [0.5, 0.6) is 5.75 Å². The number of ether oxygens (including phenoxy) is 1. The van der Waals surface area contributed by atoms with E-state index in [9.17, 15) is 9.59 Å². The van der Waals surface area contributed by atoms with Gasteiger partial charge in [-0.3, -0.25) is 9.59 Å². The minimum atomic E-state index is -0.507. The molecule has 2 aliphatic heterocycles. The molecule has 2 fully saturated rings. The molecule has 1 N–H and O–H groups in total. The summed E-state index contributed by atoms with van der Waals surface area (Å²) in [5, 5.41) is 4.42. The van der Waals surface area contributed by atoms with Crippen LogP contribution in [0.4, 0.5) is 11.5 Å².